The van der Waals surface area contributed by atoms with Gasteiger partial charge in [0.25, 0.3) is 5.56 Å². The van der Waals surface area contributed by atoms with E-state index >= 15 is 0 Å². The summed E-state index contributed by atoms with van der Waals surface area (Å²) in [5.41, 5.74) is 0.544. The summed E-state index contributed by atoms with van der Waals surface area (Å²) in [4.78, 5) is 28.0. The van der Waals surface area contributed by atoms with E-state index in [1.165, 1.54) is 23.9 Å². The molecule has 0 spiro atoms. The number of fused-ring (bicyclic) bond motifs is 1. The molecule has 7 heteroatoms. The average molecular weight is 399 g/mol. The molecule has 7 nitrogen and oxygen atoms in total. The van der Waals surface area contributed by atoms with Crippen molar-refractivity contribution >= 4 is 16.7 Å². The molecule has 0 bridgehead atoms. The summed E-state index contributed by atoms with van der Waals surface area (Å²) in [6.07, 6.45) is 5.84. The van der Waals surface area contributed by atoms with E-state index < -0.39 is 0 Å². The lowest BCUT2D eigenvalue weighted by Crippen LogP contribution is -2.60. The third-order valence-corrected chi connectivity index (χ3v) is 6.43. The van der Waals surface area contributed by atoms with Crippen LogP contribution < -0.4 is 10.9 Å². The van der Waals surface area contributed by atoms with Crippen LogP contribution in [0.3, 0.4) is 0 Å². The number of benzene rings is 1. The van der Waals surface area contributed by atoms with Crippen molar-refractivity contribution in [1.82, 2.24) is 20.0 Å². The molecule has 1 saturated carbocycles. The zero-order valence-electron chi connectivity index (χ0n) is 17.2. The Labute approximate surface area is 171 Å². The summed E-state index contributed by atoms with van der Waals surface area (Å²) in [6, 6.07) is 7.40. The first kappa shape index (κ1) is 20.0. The van der Waals surface area contributed by atoms with E-state index in [2.05, 4.69) is 15.3 Å². The summed E-state index contributed by atoms with van der Waals surface area (Å²) in [5.74, 6) is -0.160. The summed E-state index contributed by atoms with van der Waals surface area (Å²) in [5, 5.41) is 8.91. The van der Waals surface area contributed by atoms with Gasteiger partial charge < -0.3 is 10.1 Å². The SMILES string of the molecule is Cc1nn(CC(=O)NCC2(N3CCOCC3)CCCCC2)c(=O)c2ccccc12. The van der Waals surface area contributed by atoms with E-state index in [1.54, 1.807) is 6.07 Å². The zero-order valence-corrected chi connectivity index (χ0v) is 17.2. The molecule has 2 aromatic rings. The van der Waals surface area contributed by atoms with Crippen molar-refractivity contribution in [2.75, 3.05) is 32.8 Å². The number of hydrogen-bond acceptors (Lipinski definition) is 5. The minimum Gasteiger partial charge on any atom is -0.379 e. The zero-order chi connectivity index (χ0) is 20.3. The van der Waals surface area contributed by atoms with Crippen molar-refractivity contribution in [2.24, 2.45) is 0 Å². The Morgan fingerprint density at radius 3 is 2.55 bits per heavy atom. The smallest absolute Gasteiger partial charge is 0.275 e. The largest absolute Gasteiger partial charge is 0.379 e. The van der Waals surface area contributed by atoms with Crippen LogP contribution in [0.15, 0.2) is 29.1 Å². The molecule has 1 aliphatic heterocycles. The van der Waals surface area contributed by atoms with Gasteiger partial charge in [0, 0.05) is 30.6 Å². The molecule has 2 aliphatic rings. The molecule has 0 atom stereocenters. The van der Waals surface area contributed by atoms with Crippen LogP contribution in [0.25, 0.3) is 10.8 Å². The second-order valence-corrected chi connectivity index (χ2v) is 8.25. The van der Waals surface area contributed by atoms with Crippen molar-refractivity contribution in [2.45, 2.75) is 51.1 Å². The predicted molar refractivity (Wildman–Crippen MR) is 112 cm³/mol. The van der Waals surface area contributed by atoms with Crippen molar-refractivity contribution in [3.8, 4) is 0 Å². The predicted octanol–water partition coefficient (Wildman–Crippen LogP) is 1.86. The number of carbonyl (C=O) groups excluding carboxylic acids is 1. The Morgan fingerprint density at radius 2 is 1.83 bits per heavy atom. The molecule has 2 fully saturated rings. The van der Waals surface area contributed by atoms with Gasteiger partial charge in [-0.15, -0.1) is 0 Å². The minimum atomic E-state index is -0.220. The van der Waals surface area contributed by atoms with Gasteiger partial charge in [0.2, 0.25) is 5.91 Å². The quantitative estimate of drug-likeness (QED) is 0.832. The third-order valence-electron chi connectivity index (χ3n) is 6.43. The highest BCUT2D eigenvalue weighted by atomic mass is 16.5. The topological polar surface area (TPSA) is 76.5 Å². The number of nitrogens with zero attached hydrogens (tertiary/aromatic N) is 3. The van der Waals surface area contributed by atoms with Gasteiger partial charge in [0.1, 0.15) is 6.54 Å². The van der Waals surface area contributed by atoms with Crippen LogP contribution in [0.4, 0.5) is 0 Å². The number of hydrogen-bond donors (Lipinski definition) is 1. The maximum atomic E-state index is 12.7. The summed E-state index contributed by atoms with van der Waals surface area (Å²) in [7, 11) is 0. The summed E-state index contributed by atoms with van der Waals surface area (Å²) in [6.45, 7) is 5.78. The van der Waals surface area contributed by atoms with Crippen LogP contribution in [-0.2, 0) is 16.1 Å². The van der Waals surface area contributed by atoms with Crippen LogP contribution in [0.2, 0.25) is 0 Å². The molecule has 0 radical (unpaired) electrons. The van der Waals surface area contributed by atoms with Crippen LogP contribution >= 0.6 is 0 Å². The van der Waals surface area contributed by atoms with Crippen LogP contribution in [0.1, 0.15) is 37.8 Å². The second kappa shape index (κ2) is 8.63. The Kier molecular flexibility index (Phi) is 5.96. The standard InChI is InChI=1S/C22H30N4O3/c1-17-18-7-3-4-8-19(18)21(28)26(24-17)15-20(27)23-16-22(9-5-2-6-10-22)25-11-13-29-14-12-25/h3-4,7-8H,2,5-6,9-16H2,1H3,(H,23,27). The number of aromatic nitrogens is 2. The molecule has 1 amide bonds. The number of aryl methyl sites for hydroxylation is 1. The van der Waals surface area contributed by atoms with Gasteiger partial charge in [0.05, 0.1) is 24.3 Å². The van der Waals surface area contributed by atoms with Crippen molar-refractivity contribution < 1.29 is 9.53 Å². The first-order valence-electron chi connectivity index (χ1n) is 10.7. The Bertz CT molecular complexity index is 927. The van der Waals surface area contributed by atoms with Gasteiger partial charge in [-0.1, -0.05) is 37.5 Å². The highest BCUT2D eigenvalue weighted by Gasteiger charge is 2.38. The fraction of sp³-hybridized carbons (Fsp3) is 0.591. The highest BCUT2D eigenvalue weighted by Crippen LogP contribution is 2.33. The molecule has 29 heavy (non-hydrogen) atoms. The first-order valence-corrected chi connectivity index (χ1v) is 10.7. The number of ether oxygens (including phenoxy) is 1. The van der Waals surface area contributed by atoms with Crippen molar-refractivity contribution in [3.63, 3.8) is 0 Å². The lowest BCUT2D eigenvalue weighted by molar-refractivity contribution is -0.123. The van der Waals surface area contributed by atoms with E-state index in [0.717, 1.165) is 50.2 Å². The molecular weight excluding hydrogens is 368 g/mol. The molecule has 156 valence electrons. The Balaban J connectivity index is 1.47. The monoisotopic (exact) mass is 398 g/mol. The molecular formula is C22H30N4O3. The molecule has 1 aromatic heterocycles. The molecule has 2 heterocycles. The van der Waals surface area contributed by atoms with Crippen LogP contribution in [0, 0.1) is 6.92 Å². The minimum absolute atomic E-state index is 0.00931. The number of nitrogens with one attached hydrogen (secondary N) is 1. The number of rotatable bonds is 5. The maximum absolute atomic E-state index is 12.7. The van der Waals surface area contributed by atoms with Crippen LogP contribution in [0.5, 0.6) is 0 Å². The average Bonchev–Trinajstić information content (AvgIpc) is 2.77. The van der Waals surface area contributed by atoms with E-state index in [0.29, 0.717) is 11.9 Å². The normalized spacial score (nSPS) is 19.9. The lowest BCUT2D eigenvalue weighted by Gasteiger charge is -2.48. The van der Waals surface area contributed by atoms with Crippen LogP contribution in [-0.4, -0.2) is 59.0 Å². The Hall–Kier alpha value is -2.25. The van der Waals surface area contributed by atoms with Crippen molar-refractivity contribution in [3.05, 3.63) is 40.3 Å². The summed E-state index contributed by atoms with van der Waals surface area (Å²) >= 11 is 0. The van der Waals surface area contributed by atoms with E-state index in [-0.39, 0.29) is 23.6 Å². The van der Waals surface area contributed by atoms with E-state index in [1.807, 2.05) is 25.1 Å². The Morgan fingerprint density at radius 1 is 1.14 bits per heavy atom. The fourth-order valence-electron chi connectivity index (χ4n) is 4.82. The lowest BCUT2D eigenvalue weighted by atomic mass is 9.79. The van der Waals surface area contributed by atoms with Gasteiger partial charge in [-0.2, -0.15) is 5.10 Å². The van der Waals surface area contributed by atoms with Gasteiger partial charge in [-0.3, -0.25) is 14.5 Å². The molecule has 1 aromatic carbocycles. The highest BCUT2D eigenvalue weighted by molar-refractivity contribution is 5.83. The molecule has 0 unspecified atom stereocenters. The van der Waals surface area contributed by atoms with E-state index in [4.69, 9.17) is 4.74 Å². The van der Waals surface area contributed by atoms with Gasteiger partial charge in [0.15, 0.2) is 0 Å². The molecule has 4 rings (SSSR count). The number of amides is 1. The number of carbonyl (C=O) groups is 1. The number of morpholine rings is 1. The second-order valence-electron chi connectivity index (χ2n) is 8.25. The van der Waals surface area contributed by atoms with Crippen molar-refractivity contribution in [1.29, 1.82) is 0 Å². The van der Waals surface area contributed by atoms with E-state index in [9.17, 15) is 9.59 Å². The maximum Gasteiger partial charge on any atom is 0.275 e. The van der Waals surface area contributed by atoms with Gasteiger partial charge >= 0.3 is 0 Å². The first-order chi connectivity index (χ1) is 14.1. The molecule has 1 aliphatic carbocycles. The summed E-state index contributed by atoms with van der Waals surface area (Å²) < 4.78 is 6.81. The third kappa shape index (κ3) is 4.21. The fourth-order valence-corrected chi connectivity index (χ4v) is 4.82. The van der Waals surface area contributed by atoms with Gasteiger partial charge in [-0.25, -0.2) is 4.68 Å². The molecule has 1 saturated heterocycles. The van der Waals surface area contributed by atoms with Gasteiger partial charge in [-0.05, 0) is 25.8 Å². The molecule has 1 N–H and O–H groups in total.